The van der Waals surface area contributed by atoms with E-state index in [1.165, 1.54) is 32.2 Å². The Balaban J connectivity index is 2.27. The molecule has 2 aromatic rings. The molecule has 0 aromatic heterocycles. The summed E-state index contributed by atoms with van der Waals surface area (Å²) in [5.41, 5.74) is 0.904. The minimum Gasteiger partial charge on any atom is -0.507 e. The molecule has 6 nitrogen and oxygen atoms in total. The molecule has 0 unspecified atom stereocenters. The quantitative estimate of drug-likeness (QED) is 0.800. The summed E-state index contributed by atoms with van der Waals surface area (Å²) >= 11 is 5.83. The Hall–Kier alpha value is -2.73. The van der Waals surface area contributed by atoms with Gasteiger partial charge in [-0.05, 0) is 36.4 Å². The molecule has 0 atom stereocenters. The second kappa shape index (κ2) is 7.02. The summed E-state index contributed by atoms with van der Waals surface area (Å²) in [6, 6.07) is 8.97. The maximum atomic E-state index is 12.2. The number of hydrogen-bond donors (Lipinski definition) is 3. The van der Waals surface area contributed by atoms with E-state index in [-0.39, 0.29) is 17.2 Å². The van der Waals surface area contributed by atoms with E-state index in [1.54, 1.807) is 18.2 Å². The Kier molecular flexibility index (Phi) is 5.08. The van der Waals surface area contributed by atoms with Gasteiger partial charge in [-0.15, -0.1) is 0 Å². The average molecular weight is 335 g/mol. The molecule has 0 bridgehead atoms. The molecule has 0 fully saturated rings. The number of nitrogens with one attached hydrogen (secondary N) is 2. The zero-order valence-corrected chi connectivity index (χ0v) is 13.3. The van der Waals surface area contributed by atoms with E-state index in [0.717, 1.165) is 0 Å². The van der Waals surface area contributed by atoms with E-state index in [2.05, 4.69) is 10.6 Å². The van der Waals surface area contributed by atoms with E-state index >= 15 is 0 Å². The van der Waals surface area contributed by atoms with Crippen molar-refractivity contribution < 1.29 is 19.4 Å². The SMILES string of the molecule is COc1ccc(NC(=O)c2cc(Cl)ccc2O)cc1NC(C)=O. The summed E-state index contributed by atoms with van der Waals surface area (Å²) in [6.07, 6.45) is 0. The highest BCUT2D eigenvalue weighted by Gasteiger charge is 2.13. The van der Waals surface area contributed by atoms with Gasteiger partial charge in [0.15, 0.2) is 0 Å². The highest BCUT2D eigenvalue weighted by Crippen LogP contribution is 2.29. The summed E-state index contributed by atoms with van der Waals surface area (Å²) in [5.74, 6) is -0.505. The van der Waals surface area contributed by atoms with Gasteiger partial charge >= 0.3 is 0 Å². The van der Waals surface area contributed by atoms with Crippen molar-refractivity contribution in [1.82, 2.24) is 0 Å². The number of amides is 2. The van der Waals surface area contributed by atoms with Gasteiger partial charge < -0.3 is 20.5 Å². The molecular weight excluding hydrogens is 320 g/mol. The number of carbonyl (C=O) groups is 2. The van der Waals surface area contributed by atoms with Crippen LogP contribution in [-0.4, -0.2) is 24.0 Å². The number of rotatable bonds is 4. The monoisotopic (exact) mass is 334 g/mol. The molecule has 0 radical (unpaired) electrons. The number of benzene rings is 2. The molecule has 0 heterocycles. The zero-order chi connectivity index (χ0) is 17.0. The van der Waals surface area contributed by atoms with Crippen LogP contribution >= 0.6 is 11.6 Å². The van der Waals surface area contributed by atoms with Gasteiger partial charge in [-0.1, -0.05) is 11.6 Å². The summed E-state index contributed by atoms with van der Waals surface area (Å²) < 4.78 is 5.14. The fraction of sp³-hybridized carbons (Fsp3) is 0.125. The maximum absolute atomic E-state index is 12.2. The van der Waals surface area contributed by atoms with E-state index in [0.29, 0.717) is 22.1 Å². The minimum absolute atomic E-state index is 0.0504. The number of ether oxygens (including phenoxy) is 1. The van der Waals surface area contributed by atoms with Gasteiger partial charge in [0.05, 0.1) is 18.4 Å². The lowest BCUT2D eigenvalue weighted by Gasteiger charge is -2.12. The lowest BCUT2D eigenvalue weighted by Crippen LogP contribution is -2.13. The number of phenols is 1. The molecule has 120 valence electrons. The fourth-order valence-electron chi connectivity index (χ4n) is 1.96. The Morgan fingerprint density at radius 1 is 1.13 bits per heavy atom. The predicted molar refractivity (Wildman–Crippen MR) is 88.4 cm³/mol. The zero-order valence-electron chi connectivity index (χ0n) is 12.5. The van der Waals surface area contributed by atoms with Crippen molar-refractivity contribution in [2.75, 3.05) is 17.7 Å². The van der Waals surface area contributed by atoms with E-state index in [9.17, 15) is 14.7 Å². The number of halogens is 1. The largest absolute Gasteiger partial charge is 0.507 e. The van der Waals surface area contributed by atoms with Gasteiger partial charge in [0.1, 0.15) is 11.5 Å². The van der Waals surface area contributed by atoms with Crippen LogP contribution in [0.4, 0.5) is 11.4 Å². The van der Waals surface area contributed by atoms with Crippen LogP contribution in [0.3, 0.4) is 0 Å². The number of aromatic hydroxyl groups is 1. The van der Waals surface area contributed by atoms with Crippen LogP contribution in [0.1, 0.15) is 17.3 Å². The molecule has 2 rings (SSSR count). The molecule has 7 heteroatoms. The number of anilines is 2. The van der Waals surface area contributed by atoms with Crippen molar-refractivity contribution in [3.63, 3.8) is 0 Å². The van der Waals surface area contributed by atoms with Crippen LogP contribution in [0.25, 0.3) is 0 Å². The van der Waals surface area contributed by atoms with Crippen LogP contribution in [0.15, 0.2) is 36.4 Å². The third-order valence-corrected chi connectivity index (χ3v) is 3.21. The van der Waals surface area contributed by atoms with Crippen molar-refractivity contribution in [3.05, 3.63) is 47.0 Å². The third kappa shape index (κ3) is 4.14. The summed E-state index contributed by atoms with van der Waals surface area (Å²) in [7, 11) is 1.48. The molecule has 0 saturated heterocycles. The second-order valence-electron chi connectivity index (χ2n) is 4.71. The molecule has 2 amide bonds. The summed E-state index contributed by atoms with van der Waals surface area (Å²) in [6.45, 7) is 1.37. The smallest absolute Gasteiger partial charge is 0.259 e. The third-order valence-electron chi connectivity index (χ3n) is 2.97. The van der Waals surface area contributed by atoms with Crippen LogP contribution in [-0.2, 0) is 4.79 Å². The molecule has 23 heavy (non-hydrogen) atoms. The number of carbonyl (C=O) groups excluding carboxylic acids is 2. The number of methoxy groups -OCH3 is 1. The number of hydrogen-bond acceptors (Lipinski definition) is 4. The van der Waals surface area contributed by atoms with Crippen molar-refractivity contribution >= 4 is 34.8 Å². The molecule has 2 aromatic carbocycles. The molecule has 0 saturated carbocycles. The first kappa shape index (κ1) is 16.6. The highest BCUT2D eigenvalue weighted by molar-refractivity contribution is 6.31. The first-order chi connectivity index (χ1) is 10.9. The van der Waals surface area contributed by atoms with Gasteiger partial charge in [0, 0.05) is 17.6 Å². The molecule has 0 aliphatic carbocycles. The molecule has 0 spiro atoms. The lowest BCUT2D eigenvalue weighted by atomic mass is 10.1. The first-order valence-corrected chi connectivity index (χ1v) is 7.04. The number of phenolic OH excluding ortho intramolecular Hbond substituents is 1. The Morgan fingerprint density at radius 3 is 2.52 bits per heavy atom. The highest BCUT2D eigenvalue weighted by atomic mass is 35.5. The topological polar surface area (TPSA) is 87.7 Å². The van der Waals surface area contributed by atoms with E-state index in [1.807, 2.05) is 0 Å². The Morgan fingerprint density at radius 2 is 1.87 bits per heavy atom. The van der Waals surface area contributed by atoms with Crippen molar-refractivity contribution in [2.24, 2.45) is 0 Å². The van der Waals surface area contributed by atoms with Gasteiger partial charge in [0.2, 0.25) is 5.91 Å². The molecular formula is C16H15ClN2O4. The lowest BCUT2D eigenvalue weighted by molar-refractivity contribution is -0.114. The van der Waals surface area contributed by atoms with Crippen molar-refractivity contribution in [3.8, 4) is 11.5 Å². The standard InChI is InChI=1S/C16H15ClN2O4/c1-9(20)18-13-8-11(4-6-15(13)23-2)19-16(22)12-7-10(17)3-5-14(12)21/h3-8,21H,1-2H3,(H,18,20)(H,19,22). The first-order valence-electron chi connectivity index (χ1n) is 6.66. The Bertz CT molecular complexity index is 762. The second-order valence-corrected chi connectivity index (χ2v) is 5.15. The van der Waals surface area contributed by atoms with Crippen LogP contribution in [0.5, 0.6) is 11.5 Å². The fourth-order valence-corrected chi connectivity index (χ4v) is 2.13. The van der Waals surface area contributed by atoms with Crippen molar-refractivity contribution in [1.29, 1.82) is 0 Å². The average Bonchev–Trinajstić information content (AvgIpc) is 2.49. The van der Waals surface area contributed by atoms with Crippen LogP contribution in [0, 0.1) is 0 Å². The maximum Gasteiger partial charge on any atom is 0.259 e. The normalized spacial score (nSPS) is 10.0. The molecule has 0 aliphatic heterocycles. The van der Waals surface area contributed by atoms with Crippen LogP contribution in [0.2, 0.25) is 5.02 Å². The summed E-state index contributed by atoms with van der Waals surface area (Å²) in [4.78, 5) is 23.4. The van der Waals surface area contributed by atoms with Gasteiger partial charge in [-0.3, -0.25) is 9.59 Å². The van der Waals surface area contributed by atoms with Gasteiger partial charge in [-0.2, -0.15) is 0 Å². The summed E-state index contributed by atoms with van der Waals surface area (Å²) in [5, 5.41) is 15.3. The predicted octanol–water partition coefficient (Wildman–Crippen LogP) is 3.26. The minimum atomic E-state index is -0.524. The van der Waals surface area contributed by atoms with E-state index < -0.39 is 5.91 Å². The van der Waals surface area contributed by atoms with Gasteiger partial charge in [0.25, 0.3) is 5.91 Å². The molecule has 0 aliphatic rings. The van der Waals surface area contributed by atoms with Crippen LogP contribution < -0.4 is 15.4 Å². The Labute approximate surface area is 138 Å². The van der Waals surface area contributed by atoms with Gasteiger partial charge in [-0.25, -0.2) is 0 Å². The molecule has 3 N–H and O–H groups in total. The van der Waals surface area contributed by atoms with Crippen molar-refractivity contribution in [2.45, 2.75) is 6.92 Å². The van der Waals surface area contributed by atoms with E-state index in [4.69, 9.17) is 16.3 Å².